The number of aromatic nitrogens is 1. The lowest BCUT2D eigenvalue weighted by molar-refractivity contribution is -0.142. The minimum Gasteiger partial charge on any atom is -0.508 e. The average Bonchev–Trinajstić information content (AvgIpc) is 3.20. The third-order valence-corrected chi connectivity index (χ3v) is 6.08. The molecule has 0 spiro atoms. The Morgan fingerprint density at radius 2 is 1.80 bits per heavy atom. The SMILES string of the molecule is CC.COC(=O)C(Cc1ccc(O)cc1)NC(=O)c1cc(C(=O)O)c2c(n1)=CC=C(c1cccc(C=O)c1)CC=2. The molecule has 9 heteroatoms. The summed E-state index contributed by atoms with van der Waals surface area (Å²) in [6.45, 7) is 4.00. The van der Waals surface area contributed by atoms with Gasteiger partial charge in [0, 0.05) is 17.2 Å². The highest BCUT2D eigenvalue weighted by molar-refractivity contribution is 5.98. The Morgan fingerprint density at radius 1 is 1.07 bits per heavy atom. The number of carboxylic acid groups (broad SMARTS) is 1. The van der Waals surface area contributed by atoms with Gasteiger partial charge in [0.2, 0.25) is 0 Å². The van der Waals surface area contributed by atoms with Crippen LogP contribution in [-0.4, -0.2) is 52.5 Å². The van der Waals surface area contributed by atoms with Crippen LogP contribution in [0.4, 0.5) is 0 Å². The number of carboxylic acids is 1. The van der Waals surface area contributed by atoms with E-state index in [9.17, 15) is 29.4 Å². The number of carbonyl (C=O) groups is 4. The number of amides is 1. The van der Waals surface area contributed by atoms with Gasteiger partial charge in [0.05, 0.1) is 18.0 Å². The number of phenolic OH excluding ortho intramolecular Hbond substituents is 1. The van der Waals surface area contributed by atoms with Crippen molar-refractivity contribution in [3.05, 3.63) is 99.2 Å². The smallest absolute Gasteiger partial charge is 0.336 e. The number of esters is 1. The second-order valence-corrected chi connectivity index (χ2v) is 8.59. The van der Waals surface area contributed by atoms with Gasteiger partial charge in [-0.3, -0.25) is 9.59 Å². The van der Waals surface area contributed by atoms with Crippen LogP contribution in [0.15, 0.2) is 60.7 Å². The number of benzene rings is 2. The lowest BCUT2D eigenvalue weighted by Gasteiger charge is -2.16. The molecular formula is C31H30N2O7. The van der Waals surface area contributed by atoms with Gasteiger partial charge < -0.3 is 20.3 Å². The number of aromatic hydroxyl groups is 1. The zero-order valence-electron chi connectivity index (χ0n) is 22.4. The number of rotatable bonds is 8. The van der Waals surface area contributed by atoms with Gasteiger partial charge in [-0.2, -0.15) is 0 Å². The molecule has 0 fully saturated rings. The number of allylic oxidation sites excluding steroid dienone is 2. The molecule has 1 aliphatic carbocycles. The molecule has 40 heavy (non-hydrogen) atoms. The first-order chi connectivity index (χ1) is 19.3. The number of aldehydes is 1. The van der Waals surface area contributed by atoms with E-state index < -0.39 is 23.9 Å². The van der Waals surface area contributed by atoms with Gasteiger partial charge in [0.15, 0.2) is 0 Å². The Labute approximate surface area is 231 Å². The van der Waals surface area contributed by atoms with Crippen LogP contribution in [0.2, 0.25) is 0 Å². The Kier molecular flexibility index (Phi) is 10.1. The highest BCUT2D eigenvalue weighted by Gasteiger charge is 2.24. The molecule has 4 rings (SSSR count). The summed E-state index contributed by atoms with van der Waals surface area (Å²) in [6, 6.07) is 13.3. The van der Waals surface area contributed by atoms with E-state index >= 15 is 0 Å². The number of pyridine rings is 1. The lowest BCUT2D eigenvalue weighted by Crippen LogP contribution is -2.44. The molecule has 3 N–H and O–H groups in total. The summed E-state index contributed by atoms with van der Waals surface area (Å²) in [7, 11) is 1.20. The molecule has 3 aromatic rings. The number of methoxy groups -OCH3 is 1. The number of fused-ring (bicyclic) bond motifs is 1. The third-order valence-electron chi connectivity index (χ3n) is 6.08. The van der Waals surface area contributed by atoms with Gasteiger partial charge in [-0.15, -0.1) is 0 Å². The summed E-state index contributed by atoms with van der Waals surface area (Å²) in [6.07, 6.45) is 6.34. The van der Waals surface area contributed by atoms with Crippen molar-refractivity contribution in [3.8, 4) is 5.75 Å². The van der Waals surface area contributed by atoms with Crippen LogP contribution in [0.5, 0.6) is 5.75 Å². The number of hydrogen-bond donors (Lipinski definition) is 3. The molecule has 0 radical (unpaired) electrons. The number of aromatic carboxylic acids is 1. The molecule has 1 heterocycles. The van der Waals surface area contributed by atoms with E-state index in [-0.39, 0.29) is 28.8 Å². The van der Waals surface area contributed by atoms with Crippen LogP contribution in [0.1, 0.15) is 62.6 Å². The van der Waals surface area contributed by atoms with Crippen molar-refractivity contribution >= 4 is 41.9 Å². The molecule has 1 aromatic heterocycles. The molecule has 0 bridgehead atoms. The average molecular weight is 543 g/mol. The summed E-state index contributed by atoms with van der Waals surface area (Å²) in [5, 5.41) is 22.6. The molecule has 1 amide bonds. The van der Waals surface area contributed by atoms with Gasteiger partial charge in [0.25, 0.3) is 5.91 Å². The van der Waals surface area contributed by atoms with Crippen LogP contribution in [0, 0.1) is 0 Å². The van der Waals surface area contributed by atoms with Crippen LogP contribution < -0.4 is 15.9 Å². The van der Waals surface area contributed by atoms with Crippen LogP contribution in [-0.2, 0) is 16.0 Å². The third kappa shape index (κ3) is 7.08. The van der Waals surface area contributed by atoms with E-state index in [1.165, 1.54) is 25.3 Å². The predicted molar refractivity (Wildman–Crippen MR) is 150 cm³/mol. The summed E-state index contributed by atoms with van der Waals surface area (Å²) < 4.78 is 4.83. The Balaban J connectivity index is 0.00000216. The minimum absolute atomic E-state index is 0.0597. The van der Waals surface area contributed by atoms with Gasteiger partial charge >= 0.3 is 11.9 Å². The lowest BCUT2D eigenvalue weighted by atomic mass is 10.0. The maximum absolute atomic E-state index is 13.1. The maximum atomic E-state index is 13.1. The molecule has 0 saturated heterocycles. The summed E-state index contributed by atoms with van der Waals surface area (Å²) >= 11 is 0. The van der Waals surface area contributed by atoms with E-state index in [0.717, 1.165) is 17.4 Å². The number of hydrogen-bond acceptors (Lipinski definition) is 7. The van der Waals surface area contributed by atoms with Crippen molar-refractivity contribution in [1.82, 2.24) is 10.3 Å². The Hall–Kier alpha value is -5.05. The number of ether oxygens (including phenoxy) is 1. The summed E-state index contributed by atoms with van der Waals surface area (Å²) in [4.78, 5) is 53.2. The first-order valence-corrected chi connectivity index (χ1v) is 12.7. The molecule has 1 atom stereocenters. The van der Waals surface area contributed by atoms with Gasteiger partial charge in [-0.25, -0.2) is 14.6 Å². The van der Waals surface area contributed by atoms with Crippen molar-refractivity contribution in [2.75, 3.05) is 7.11 Å². The molecule has 9 nitrogen and oxygen atoms in total. The first-order valence-electron chi connectivity index (χ1n) is 12.7. The first kappa shape index (κ1) is 29.5. The fraction of sp³-hybridized carbons (Fsp3) is 0.194. The molecule has 2 aromatic carbocycles. The molecule has 206 valence electrons. The van der Waals surface area contributed by atoms with E-state index in [1.54, 1.807) is 48.6 Å². The van der Waals surface area contributed by atoms with Crippen LogP contribution in [0.3, 0.4) is 0 Å². The van der Waals surface area contributed by atoms with Crippen LogP contribution >= 0.6 is 0 Å². The molecule has 1 unspecified atom stereocenters. The Morgan fingerprint density at radius 3 is 2.45 bits per heavy atom. The van der Waals surface area contributed by atoms with Gasteiger partial charge in [0.1, 0.15) is 23.8 Å². The fourth-order valence-corrected chi connectivity index (χ4v) is 4.13. The van der Waals surface area contributed by atoms with E-state index in [4.69, 9.17) is 4.74 Å². The second-order valence-electron chi connectivity index (χ2n) is 8.59. The fourth-order valence-electron chi connectivity index (χ4n) is 4.13. The Bertz CT molecular complexity index is 1570. The molecule has 0 saturated carbocycles. The van der Waals surface area contributed by atoms with Crippen molar-refractivity contribution in [1.29, 1.82) is 0 Å². The second kappa shape index (κ2) is 13.7. The van der Waals surface area contributed by atoms with Crippen molar-refractivity contribution in [2.45, 2.75) is 32.7 Å². The molecule has 0 aliphatic heterocycles. The zero-order chi connectivity index (χ0) is 29.2. The number of carbonyl (C=O) groups excluding carboxylic acids is 3. The van der Waals surface area contributed by atoms with Crippen molar-refractivity contribution in [2.24, 2.45) is 0 Å². The number of nitrogens with one attached hydrogen (secondary N) is 1. The largest absolute Gasteiger partial charge is 0.508 e. The molecule has 1 aliphatic rings. The highest BCUT2D eigenvalue weighted by Crippen LogP contribution is 2.21. The number of phenols is 1. The zero-order valence-corrected chi connectivity index (χ0v) is 22.4. The van der Waals surface area contributed by atoms with Gasteiger partial charge in [-0.1, -0.05) is 56.3 Å². The highest BCUT2D eigenvalue weighted by atomic mass is 16.5. The van der Waals surface area contributed by atoms with Crippen LogP contribution in [0.25, 0.3) is 17.7 Å². The quantitative estimate of drug-likeness (QED) is 0.291. The summed E-state index contributed by atoms with van der Waals surface area (Å²) in [5.74, 6) is -2.61. The normalized spacial score (nSPS) is 12.4. The topological polar surface area (TPSA) is 143 Å². The van der Waals surface area contributed by atoms with E-state index in [1.807, 2.05) is 19.9 Å². The molecular weight excluding hydrogens is 512 g/mol. The van der Waals surface area contributed by atoms with Crippen molar-refractivity contribution in [3.63, 3.8) is 0 Å². The summed E-state index contributed by atoms with van der Waals surface area (Å²) in [5.41, 5.74) is 2.54. The standard InChI is InChI=1S/C29H24N2O7.C2H6/c1-38-29(37)26(14-17-5-9-21(33)10-6-17)31-27(34)25-15-23(28(35)36)22-11-7-19(8-12-24(22)30-25)20-4-2-3-18(13-20)16-32;1-2/h2-6,8-13,15-16,26,33H,7,14H2,1H3,(H,31,34)(H,35,36);1-2H3. The van der Waals surface area contributed by atoms with Crippen molar-refractivity contribution < 1.29 is 34.1 Å². The minimum atomic E-state index is -1.23. The predicted octanol–water partition coefficient (Wildman–Crippen LogP) is 2.89. The monoisotopic (exact) mass is 542 g/mol. The van der Waals surface area contributed by atoms with E-state index in [2.05, 4.69) is 10.3 Å². The maximum Gasteiger partial charge on any atom is 0.336 e. The van der Waals surface area contributed by atoms with Gasteiger partial charge in [-0.05, 0) is 53.5 Å². The van der Waals surface area contributed by atoms with E-state index in [0.29, 0.717) is 22.8 Å². The number of nitrogens with zero attached hydrogens (tertiary/aromatic N) is 1.